The van der Waals surface area contributed by atoms with Crippen LogP contribution >= 0.6 is 0 Å². The van der Waals surface area contributed by atoms with Gasteiger partial charge in [-0.25, -0.2) is 0 Å². The summed E-state index contributed by atoms with van der Waals surface area (Å²) in [5, 5.41) is 0. The molecule has 0 aliphatic carbocycles. The molecule has 0 N–H and O–H groups in total. The number of hydrogen-bond donors (Lipinski definition) is 0. The Labute approximate surface area is 341 Å². The molecule has 0 aromatic rings. The van der Waals surface area contributed by atoms with Crippen LogP contribution in [0.1, 0.15) is 265 Å². The molecule has 0 fully saturated rings. The summed E-state index contributed by atoms with van der Waals surface area (Å²) in [5.41, 5.74) is 0. The molecule has 0 saturated heterocycles. The number of rotatable bonds is 44. The summed E-state index contributed by atoms with van der Waals surface area (Å²) in [7, 11) is 0. The first-order valence-electron chi connectivity index (χ1n) is 24.2. The number of allylic oxidation sites excluding steroid dienone is 2. The molecule has 55 heavy (non-hydrogen) atoms. The highest BCUT2D eigenvalue weighted by atomic mass is 16.6. The van der Waals surface area contributed by atoms with Gasteiger partial charge >= 0.3 is 17.9 Å². The van der Waals surface area contributed by atoms with E-state index >= 15 is 0 Å². The molecule has 0 radical (unpaired) electrons. The highest BCUT2D eigenvalue weighted by Crippen LogP contribution is 2.16. The minimum Gasteiger partial charge on any atom is -0.462 e. The van der Waals surface area contributed by atoms with Crippen LogP contribution in [-0.2, 0) is 28.6 Å². The summed E-state index contributed by atoms with van der Waals surface area (Å²) in [6.45, 7) is 6.56. The molecule has 0 amide bonds. The Kier molecular flexibility index (Phi) is 43.4. The Hall–Kier alpha value is -1.85. The number of hydrogen-bond acceptors (Lipinski definition) is 6. The quantitative estimate of drug-likeness (QED) is 0.0265. The van der Waals surface area contributed by atoms with Gasteiger partial charge in [0.1, 0.15) is 13.2 Å². The van der Waals surface area contributed by atoms with E-state index in [4.69, 9.17) is 14.2 Å². The molecule has 0 bridgehead atoms. The van der Waals surface area contributed by atoms with Crippen LogP contribution in [0.3, 0.4) is 0 Å². The van der Waals surface area contributed by atoms with Crippen molar-refractivity contribution in [3.05, 3.63) is 12.2 Å². The van der Waals surface area contributed by atoms with Crippen molar-refractivity contribution < 1.29 is 28.6 Å². The minimum absolute atomic E-state index is 0.0694. The second-order valence-corrected chi connectivity index (χ2v) is 16.4. The van der Waals surface area contributed by atoms with E-state index in [1.807, 2.05) is 0 Å². The fourth-order valence-electron chi connectivity index (χ4n) is 7.08. The lowest BCUT2D eigenvalue weighted by Crippen LogP contribution is -2.30. The zero-order chi connectivity index (χ0) is 40.1. The number of carbonyl (C=O) groups is 3. The van der Waals surface area contributed by atoms with Gasteiger partial charge in [0, 0.05) is 19.3 Å². The van der Waals surface area contributed by atoms with Gasteiger partial charge in [-0.3, -0.25) is 14.4 Å². The zero-order valence-electron chi connectivity index (χ0n) is 37.0. The Bertz CT molecular complexity index is 854. The second-order valence-electron chi connectivity index (χ2n) is 16.4. The molecule has 1 unspecified atom stereocenters. The smallest absolute Gasteiger partial charge is 0.306 e. The van der Waals surface area contributed by atoms with Gasteiger partial charge in [-0.15, -0.1) is 0 Å². The Morgan fingerprint density at radius 2 is 0.600 bits per heavy atom. The van der Waals surface area contributed by atoms with Crippen molar-refractivity contribution >= 4 is 17.9 Å². The van der Waals surface area contributed by atoms with Crippen molar-refractivity contribution in [3.8, 4) is 0 Å². The molecule has 0 heterocycles. The maximum absolute atomic E-state index is 12.5. The van der Waals surface area contributed by atoms with E-state index in [-0.39, 0.29) is 31.1 Å². The lowest BCUT2D eigenvalue weighted by atomic mass is 10.0. The van der Waals surface area contributed by atoms with E-state index < -0.39 is 6.10 Å². The molecule has 1 atom stereocenters. The lowest BCUT2D eigenvalue weighted by molar-refractivity contribution is -0.167. The van der Waals surface area contributed by atoms with Gasteiger partial charge in [0.15, 0.2) is 6.10 Å². The molecule has 6 heteroatoms. The molecule has 0 spiro atoms. The highest BCUT2D eigenvalue weighted by molar-refractivity contribution is 5.71. The van der Waals surface area contributed by atoms with E-state index in [0.717, 1.165) is 70.6 Å². The van der Waals surface area contributed by atoms with Crippen LogP contribution in [0.2, 0.25) is 0 Å². The van der Waals surface area contributed by atoms with E-state index in [9.17, 15) is 14.4 Å². The normalized spacial score (nSPS) is 12.0. The van der Waals surface area contributed by atoms with Crippen LogP contribution in [0.25, 0.3) is 0 Å². The SMILES string of the molecule is CCCCCCCC/C=C/CCCCCCCC(=O)OCC(COC(=O)CCCCCCCCCCCCCCCCCCC)OC(=O)CCCCCCC. The van der Waals surface area contributed by atoms with Gasteiger partial charge in [-0.05, 0) is 44.9 Å². The number of unbranched alkanes of at least 4 members (excludes halogenated alkanes) is 31. The zero-order valence-corrected chi connectivity index (χ0v) is 37.0. The Morgan fingerprint density at radius 3 is 0.909 bits per heavy atom. The second kappa shape index (κ2) is 44.9. The first-order chi connectivity index (χ1) is 27.0. The summed E-state index contributed by atoms with van der Waals surface area (Å²) in [6.07, 6.45) is 48.0. The van der Waals surface area contributed by atoms with Crippen molar-refractivity contribution in [1.82, 2.24) is 0 Å². The Balaban J connectivity index is 4.11. The van der Waals surface area contributed by atoms with Crippen LogP contribution in [0, 0.1) is 0 Å². The molecule has 0 aliphatic rings. The summed E-state index contributed by atoms with van der Waals surface area (Å²) < 4.78 is 16.6. The third-order valence-electron chi connectivity index (χ3n) is 10.8. The first kappa shape index (κ1) is 53.1. The summed E-state index contributed by atoms with van der Waals surface area (Å²) in [6, 6.07) is 0. The number of carbonyl (C=O) groups excluding carboxylic acids is 3. The molecule has 0 aromatic heterocycles. The molecule has 0 saturated carbocycles. The molecule has 0 rings (SSSR count). The van der Waals surface area contributed by atoms with Crippen molar-refractivity contribution in [3.63, 3.8) is 0 Å². The van der Waals surface area contributed by atoms with E-state index in [2.05, 4.69) is 32.9 Å². The molecular weight excluding hydrogens is 685 g/mol. The Morgan fingerprint density at radius 1 is 0.345 bits per heavy atom. The van der Waals surface area contributed by atoms with Gasteiger partial charge in [-0.1, -0.05) is 213 Å². The predicted octanol–water partition coefficient (Wildman–Crippen LogP) is 15.4. The molecule has 0 aliphatic heterocycles. The van der Waals surface area contributed by atoms with Crippen molar-refractivity contribution in [2.75, 3.05) is 13.2 Å². The lowest BCUT2D eigenvalue weighted by Gasteiger charge is -2.18. The van der Waals surface area contributed by atoms with Gasteiger partial charge < -0.3 is 14.2 Å². The van der Waals surface area contributed by atoms with E-state index in [1.165, 1.54) is 154 Å². The largest absolute Gasteiger partial charge is 0.462 e. The van der Waals surface area contributed by atoms with Crippen LogP contribution in [0.4, 0.5) is 0 Å². The monoisotopic (exact) mass is 777 g/mol. The molecule has 6 nitrogen and oxygen atoms in total. The highest BCUT2D eigenvalue weighted by Gasteiger charge is 2.19. The van der Waals surface area contributed by atoms with Gasteiger partial charge in [0.2, 0.25) is 0 Å². The third kappa shape index (κ3) is 43.1. The van der Waals surface area contributed by atoms with Crippen LogP contribution in [0.5, 0.6) is 0 Å². The third-order valence-corrected chi connectivity index (χ3v) is 10.8. The summed E-state index contributed by atoms with van der Waals surface area (Å²) >= 11 is 0. The maximum Gasteiger partial charge on any atom is 0.306 e. The van der Waals surface area contributed by atoms with Gasteiger partial charge in [0.25, 0.3) is 0 Å². The molecule has 0 aromatic carbocycles. The average Bonchev–Trinajstić information content (AvgIpc) is 3.18. The molecule has 324 valence electrons. The first-order valence-corrected chi connectivity index (χ1v) is 24.2. The van der Waals surface area contributed by atoms with Crippen molar-refractivity contribution in [1.29, 1.82) is 0 Å². The van der Waals surface area contributed by atoms with E-state index in [0.29, 0.717) is 19.3 Å². The van der Waals surface area contributed by atoms with Crippen LogP contribution in [-0.4, -0.2) is 37.2 Å². The predicted molar refractivity (Wildman–Crippen MR) is 233 cm³/mol. The standard InChI is InChI=1S/C49H92O6/c1-4-7-10-13-15-17-19-21-23-24-26-28-30-32-34-37-39-42-48(51)54-45-46(55-49(52)43-40-35-12-9-6-3)44-53-47(50)41-38-36-33-31-29-27-25-22-20-18-16-14-11-8-5-2/h22,25,46H,4-21,23-24,26-45H2,1-3H3/b25-22+. The average molecular weight is 777 g/mol. The van der Waals surface area contributed by atoms with Crippen molar-refractivity contribution in [2.45, 2.75) is 271 Å². The summed E-state index contributed by atoms with van der Waals surface area (Å²) in [5.74, 6) is -0.881. The number of esters is 3. The van der Waals surface area contributed by atoms with E-state index in [1.54, 1.807) is 0 Å². The summed E-state index contributed by atoms with van der Waals surface area (Å²) in [4.78, 5) is 37.5. The maximum atomic E-state index is 12.5. The van der Waals surface area contributed by atoms with Gasteiger partial charge in [0.05, 0.1) is 0 Å². The fraction of sp³-hybridized carbons (Fsp3) is 0.898. The van der Waals surface area contributed by atoms with Crippen LogP contribution in [0.15, 0.2) is 12.2 Å². The van der Waals surface area contributed by atoms with Gasteiger partial charge in [-0.2, -0.15) is 0 Å². The molecular formula is C49H92O6. The van der Waals surface area contributed by atoms with Crippen LogP contribution < -0.4 is 0 Å². The minimum atomic E-state index is -0.763. The topological polar surface area (TPSA) is 78.9 Å². The van der Waals surface area contributed by atoms with Crippen molar-refractivity contribution in [2.24, 2.45) is 0 Å². The number of ether oxygens (including phenoxy) is 3. The fourth-order valence-corrected chi connectivity index (χ4v) is 7.08.